The first kappa shape index (κ1) is 35.1. The third kappa shape index (κ3) is 4.97. The molecule has 0 saturated carbocycles. The Balaban J connectivity index is 1.05. The van der Waals surface area contributed by atoms with Crippen molar-refractivity contribution in [1.82, 2.24) is 9.97 Å². The summed E-state index contributed by atoms with van der Waals surface area (Å²) in [7, 11) is 0. The van der Waals surface area contributed by atoms with Gasteiger partial charge < -0.3 is 4.90 Å². The third-order valence-corrected chi connectivity index (χ3v) is 14.1. The Morgan fingerprint density at radius 1 is 0.387 bits per heavy atom. The van der Waals surface area contributed by atoms with Crippen molar-refractivity contribution in [3.05, 3.63) is 241 Å². The average molecular weight is 809 g/mol. The van der Waals surface area contributed by atoms with E-state index in [-0.39, 0.29) is 0 Å². The summed E-state index contributed by atoms with van der Waals surface area (Å²) in [5, 5.41) is 1.02. The number of nitrogens with zero attached hydrogens (tertiary/aromatic N) is 4. The summed E-state index contributed by atoms with van der Waals surface area (Å²) in [6.07, 6.45) is 0. The van der Waals surface area contributed by atoms with Crippen LogP contribution in [0.1, 0.15) is 22.3 Å². The van der Waals surface area contributed by atoms with E-state index in [0.717, 1.165) is 44.1 Å². The lowest BCUT2D eigenvalue weighted by Gasteiger charge is -2.45. The first-order valence-electron chi connectivity index (χ1n) is 21.1. The van der Waals surface area contributed by atoms with Crippen LogP contribution in [-0.2, 0) is 5.41 Å². The summed E-state index contributed by atoms with van der Waals surface area (Å²) in [5.74, 6) is 0.646. The SMILES string of the molecule is c1ccc(-c2ccc(-c3nc(N4c5ccccc5Sc5c4ccc4c5-c5ccccc5C45c4ccccc4N(c4ccccc4)c4ccccc45)nc4ccccc34)cc2)cc1. The second-order valence-corrected chi connectivity index (χ2v) is 17.1. The van der Waals surface area contributed by atoms with Crippen molar-refractivity contribution in [1.29, 1.82) is 0 Å². The van der Waals surface area contributed by atoms with Gasteiger partial charge in [-0.25, -0.2) is 9.97 Å². The van der Waals surface area contributed by atoms with Gasteiger partial charge in [-0.1, -0.05) is 182 Å². The smallest absolute Gasteiger partial charge is 0.235 e. The zero-order valence-electron chi connectivity index (χ0n) is 33.5. The number of aromatic nitrogens is 2. The Bertz CT molecular complexity index is 3350. The largest absolute Gasteiger partial charge is 0.310 e. The van der Waals surface area contributed by atoms with Crippen LogP contribution in [-0.4, -0.2) is 9.97 Å². The maximum Gasteiger partial charge on any atom is 0.235 e. The fraction of sp³-hybridized carbons (Fsp3) is 0.0175. The summed E-state index contributed by atoms with van der Waals surface area (Å²) in [5.41, 5.74) is 18.0. The molecule has 3 aliphatic rings. The molecule has 1 spiro atoms. The van der Waals surface area contributed by atoms with Crippen LogP contribution in [0.4, 0.5) is 34.4 Å². The van der Waals surface area contributed by atoms with Gasteiger partial charge in [-0.2, -0.15) is 0 Å². The first-order valence-corrected chi connectivity index (χ1v) is 21.9. The van der Waals surface area contributed by atoms with Gasteiger partial charge in [-0.3, -0.25) is 4.90 Å². The fourth-order valence-electron chi connectivity index (χ4n) is 10.3. The molecule has 4 nitrogen and oxygen atoms in total. The highest BCUT2D eigenvalue weighted by molar-refractivity contribution is 8.00. The lowest BCUT2D eigenvalue weighted by Crippen LogP contribution is -2.36. The zero-order chi connectivity index (χ0) is 40.8. The Labute approximate surface area is 364 Å². The minimum absolute atomic E-state index is 0.555. The average Bonchev–Trinajstić information content (AvgIpc) is 3.64. The molecule has 290 valence electrons. The number of hydrogen-bond acceptors (Lipinski definition) is 5. The van der Waals surface area contributed by atoms with Gasteiger partial charge in [0.05, 0.1) is 39.4 Å². The number of rotatable bonds is 4. The highest BCUT2D eigenvalue weighted by atomic mass is 32.2. The minimum atomic E-state index is -0.555. The van der Waals surface area contributed by atoms with Crippen LogP contribution in [0.5, 0.6) is 0 Å². The molecule has 0 saturated heterocycles. The van der Waals surface area contributed by atoms with E-state index in [0.29, 0.717) is 5.95 Å². The molecular weight excluding hydrogens is 773 g/mol. The van der Waals surface area contributed by atoms with Gasteiger partial charge in [0.15, 0.2) is 0 Å². The molecule has 1 aromatic heterocycles. The lowest BCUT2D eigenvalue weighted by molar-refractivity contribution is 0.751. The number of fused-ring (bicyclic) bond motifs is 13. The van der Waals surface area contributed by atoms with Gasteiger partial charge >= 0.3 is 0 Å². The van der Waals surface area contributed by atoms with E-state index in [9.17, 15) is 0 Å². The second-order valence-electron chi connectivity index (χ2n) is 16.1. The van der Waals surface area contributed by atoms with Crippen molar-refractivity contribution in [2.45, 2.75) is 15.2 Å². The van der Waals surface area contributed by atoms with E-state index >= 15 is 0 Å². The number of para-hydroxylation sites is 5. The van der Waals surface area contributed by atoms with Gasteiger partial charge in [0.2, 0.25) is 5.95 Å². The van der Waals surface area contributed by atoms with Crippen molar-refractivity contribution >= 4 is 57.1 Å². The molecule has 0 radical (unpaired) electrons. The lowest BCUT2D eigenvalue weighted by atomic mass is 9.64. The number of anilines is 6. The van der Waals surface area contributed by atoms with Crippen LogP contribution in [0, 0.1) is 0 Å². The summed E-state index contributed by atoms with van der Waals surface area (Å²) in [6.45, 7) is 0. The summed E-state index contributed by atoms with van der Waals surface area (Å²) >= 11 is 1.85. The van der Waals surface area contributed by atoms with Crippen LogP contribution in [0.25, 0.3) is 44.4 Å². The Morgan fingerprint density at radius 3 is 1.73 bits per heavy atom. The summed E-state index contributed by atoms with van der Waals surface area (Å²) < 4.78 is 0. The molecule has 0 bridgehead atoms. The molecule has 0 N–H and O–H groups in total. The topological polar surface area (TPSA) is 32.3 Å². The minimum Gasteiger partial charge on any atom is -0.310 e. The van der Waals surface area contributed by atoms with E-state index in [4.69, 9.17) is 9.97 Å². The predicted octanol–water partition coefficient (Wildman–Crippen LogP) is 15.0. The van der Waals surface area contributed by atoms with Crippen LogP contribution in [0.2, 0.25) is 0 Å². The van der Waals surface area contributed by atoms with Gasteiger partial charge in [0.1, 0.15) is 0 Å². The van der Waals surface area contributed by atoms with Crippen LogP contribution in [0.15, 0.2) is 228 Å². The second kappa shape index (κ2) is 13.6. The predicted molar refractivity (Wildman–Crippen MR) is 255 cm³/mol. The van der Waals surface area contributed by atoms with Crippen LogP contribution < -0.4 is 9.80 Å². The zero-order valence-corrected chi connectivity index (χ0v) is 34.3. The molecule has 13 rings (SSSR count). The fourth-order valence-corrected chi connectivity index (χ4v) is 11.5. The van der Waals surface area contributed by atoms with E-state index < -0.39 is 5.41 Å². The highest BCUT2D eigenvalue weighted by Gasteiger charge is 2.53. The van der Waals surface area contributed by atoms with Gasteiger partial charge in [0.25, 0.3) is 0 Å². The molecule has 9 aromatic carbocycles. The molecule has 0 unspecified atom stereocenters. The maximum absolute atomic E-state index is 5.51. The standard InChI is InChI=1S/C57H36N4S/c1-3-17-37(18-4-1)38-31-33-39(34-32-38)54-42-22-8-12-26-47(42)58-56(59-54)61-50-29-15-16-30-52(50)62-55-51(61)36-35-46-53(55)41-21-7-9-23-43(41)57(46)44-24-10-13-27-48(44)60(40-19-5-2-6-20-40)49-28-14-11-25-45(49)57/h1-36H. The Morgan fingerprint density at radius 2 is 0.968 bits per heavy atom. The van der Waals surface area contributed by atoms with Gasteiger partial charge in [-0.15, -0.1) is 0 Å². The van der Waals surface area contributed by atoms with Crippen molar-refractivity contribution < 1.29 is 0 Å². The normalized spacial score (nSPS) is 13.8. The summed E-state index contributed by atoms with van der Waals surface area (Å²) in [6, 6.07) is 79.0. The third-order valence-electron chi connectivity index (χ3n) is 12.9. The maximum atomic E-state index is 5.51. The van der Waals surface area contributed by atoms with Crippen molar-refractivity contribution in [2.24, 2.45) is 0 Å². The Kier molecular flexibility index (Phi) is 7.72. The molecule has 1 aliphatic carbocycles. The van der Waals surface area contributed by atoms with Crippen molar-refractivity contribution in [3.63, 3.8) is 0 Å². The molecule has 3 heterocycles. The van der Waals surface area contributed by atoms with Crippen molar-refractivity contribution in [2.75, 3.05) is 9.80 Å². The molecule has 10 aromatic rings. The van der Waals surface area contributed by atoms with Crippen molar-refractivity contribution in [3.8, 4) is 33.5 Å². The molecule has 0 amide bonds. The number of hydrogen-bond donors (Lipinski definition) is 0. The molecule has 0 fully saturated rings. The van der Waals surface area contributed by atoms with E-state index in [2.05, 4.69) is 228 Å². The number of benzene rings is 9. The van der Waals surface area contributed by atoms with Gasteiger partial charge in [-0.05, 0) is 87.5 Å². The van der Waals surface area contributed by atoms with Crippen LogP contribution in [0.3, 0.4) is 0 Å². The summed E-state index contributed by atoms with van der Waals surface area (Å²) in [4.78, 5) is 18.0. The highest BCUT2D eigenvalue weighted by Crippen LogP contribution is 2.67. The monoisotopic (exact) mass is 808 g/mol. The Hall–Kier alpha value is -7.73. The molecule has 0 atom stereocenters. The van der Waals surface area contributed by atoms with E-state index in [1.165, 1.54) is 60.8 Å². The molecule has 62 heavy (non-hydrogen) atoms. The first-order chi connectivity index (χ1) is 30.8. The van der Waals surface area contributed by atoms with E-state index in [1.807, 2.05) is 11.8 Å². The van der Waals surface area contributed by atoms with E-state index in [1.54, 1.807) is 0 Å². The molecular formula is C57H36N4S. The van der Waals surface area contributed by atoms with Crippen LogP contribution >= 0.6 is 11.8 Å². The molecule has 2 aliphatic heterocycles. The quantitative estimate of drug-likeness (QED) is 0.177. The molecule has 5 heteroatoms. The van der Waals surface area contributed by atoms with Gasteiger partial charge in [0, 0.05) is 32.0 Å².